The molecule has 1 aromatic heterocycles. The molecule has 0 bridgehead atoms. The van der Waals surface area contributed by atoms with Crippen LogP contribution in [0.2, 0.25) is 0 Å². The van der Waals surface area contributed by atoms with Crippen molar-refractivity contribution in [2.75, 3.05) is 26.2 Å². The number of piperidine rings is 1. The molecule has 6 nitrogen and oxygen atoms in total. The molecule has 1 saturated heterocycles. The van der Waals surface area contributed by atoms with E-state index < -0.39 is 0 Å². The molecule has 1 fully saturated rings. The Labute approximate surface area is 140 Å². The molecule has 7 heteroatoms. The van der Waals surface area contributed by atoms with Gasteiger partial charge in [-0.3, -0.25) is 14.4 Å². The van der Waals surface area contributed by atoms with Crippen LogP contribution in [0, 0.1) is 5.92 Å². The van der Waals surface area contributed by atoms with E-state index in [1.807, 2.05) is 18.4 Å². The minimum Gasteiger partial charge on any atom is -0.355 e. The van der Waals surface area contributed by atoms with Crippen LogP contribution in [-0.2, 0) is 9.59 Å². The van der Waals surface area contributed by atoms with Crippen LogP contribution in [0.4, 0.5) is 0 Å². The number of nitrogens with zero attached hydrogens (tertiary/aromatic N) is 1. The molecule has 2 N–H and O–H groups in total. The summed E-state index contributed by atoms with van der Waals surface area (Å²) in [6.07, 6.45) is 2.41. The van der Waals surface area contributed by atoms with E-state index in [2.05, 4.69) is 10.6 Å². The molecule has 2 rings (SSSR count). The molecule has 0 saturated carbocycles. The third kappa shape index (κ3) is 5.06. The SMILES string of the molecule is CCCNC(=O)CNC(=O)C1CCCN(C(=O)c2cccs2)C1. The molecular formula is C16H23N3O3S. The lowest BCUT2D eigenvalue weighted by Gasteiger charge is -2.31. The fourth-order valence-electron chi connectivity index (χ4n) is 2.57. The Morgan fingerprint density at radius 2 is 2.17 bits per heavy atom. The highest BCUT2D eigenvalue weighted by atomic mass is 32.1. The molecule has 1 unspecified atom stereocenters. The fraction of sp³-hybridized carbons (Fsp3) is 0.562. The van der Waals surface area contributed by atoms with Gasteiger partial charge in [-0.25, -0.2) is 0 Å². The number of thiophene rings is 1. The van der Waals surface area contributed by atoms with Crippen molar-refractivity contribution < 1.29 is 14.4 Å². The summed E-state index contributed by atoms with van der Waals surface area (Å²) in [5, 5.41) is 7.26. The van der Waals surface area contributed by atoms with Crippen molar-refractivity contribution in [2.45, 2.75) is 26.2 Å². The zero-order chi connectivity index (χ0) is 16.7. The summed E-state index contributed by atoms with van der Waals surface area (Å²) >= 11 is 1.41. The van der Waals surface area contributed by atoms with Crippen molar-refractivity contribution in [2.24, 2.45) is 5.92 Å². The number of hydrogen-bond acceptors (Lipinski definition) is 4. The zero-order valence-corrected chi connectivity index (χ0v) is 14.2. The van der Waals surface area contributed by atoms with Crippen molar-refractivity contribution in [3.63, 3.8) is 0 Å². The van der Waals surface area contributed by atoms with Gasteiger partial charge in [-0.1, -0.05) is 13.0 Å². The molecule has 0 radical (unpaired) electrons. The van der Waals surface area contributed by atoms with Gasteiger partial charge in [0.15, 0.2) is 0 Å². The molecule has 3 amide bonds. The fourth-order valence-corrected chi connectivity index (χ4v) is 3.26. The predicted octanol–water partition coefficient (Wildman–Crippen LogP) is 1.24. The number of rotatable bonds is 6. The summed E-state index contributed by atoms with van der Waals surface area (Å²) in [5.74, 6) is -0.590. The Kier molecular flexibility index (Phi) is 6.58. The van der Waals surface area contributed by atoms with Gasteiger partial charge in [0.1, 0.15) is 0 Å². The van der Waals surface area contributed by atoms with Crippen LogP contribution in [0.3, 0.4) is 0 Å². The molecule has 2 heterocycles. The number of carbonyl (C=O) groups is 3. The Bertz CT molecular complexity index is 545. The van der Waals surface area contributed by atoms with E-state index in [0.717, 1.165) is 19.3 Å². The summed E-state index contributed by atoms with van der Waals surface area (Å²) < 4.78 is 0. The van der Waals surface area contributed by atoms with Gasteiger partial charge in [-0.2, -0.15) is 0 Å². The topological polar surface area (TPSA) is 78.5 Å². The standard InChI is InChI=1S/C16H23N3O3S/c1-2-7-17-14(20)10-18-15(21)12-5-3-8-19(11-12)16(22)13-6-4-9-23-13/h4,6,9,12H,2-3,5,7-8,10-11H2,1H3,(H,17,20)(H,18,21). The normalized spacial score (nSPS) is 17.6. The van der Waals surface area contributed by atoms with Crippen LogP contribution in [-0.4, -0.2) is 48.8 Å². The molecule has 1 atom stereocenters. The van der Waals surface area contributed by atoms with E-state index >= 15 is 0 Å². The number of carbonyl (C=O) groups excluding carboxylic acids is 3. The lowest BCUT2D eigenvalue weighted by Crippen LogP contribution is -2.47. The van der Waals surface area contributed by atoms with Gasteiger partial charge in [-0.05, 0) is 30.7 Å². The number of amides is 3. The maximum absolute atomic E-state index is 12.4. The first-order valence-electron chi connectivity index (χ1n) is 7.99. The molecule has 23 heavy (non-hydrogen) atoms. The third-order valence-corrected chi connectivity index (χ3v) is 4.66. The highest BCUT2D eigenvalue weighted by molar-refractivity contribution is 7.12. The summed E-state index contributed by atoms with van der Waals surface area (Å²) in [6, 6.07) is 3.65. The summed E-state index contributed by atoms with van der Waals surface area (Å²) in [6.45, 7) is 3.67. The van der Waals surface area contributed by atoms with Gasteiger partial charge in [0.2, 0.25) is 11.8 Å². The second kappa shape index (κ2) is 8.67. The maximum Gasteiger partial charge on any atom is 0.263 e. The maximum atomic E-state index is 12.4. The van der Waals surface area contributed by atoms with Crippen LogP contribution in [0.1, 0.15) is 35.9 Å². The minimum absolute atomic E-state index is 0.00575. The van der Waals surface area contributed by atoms with Crippen LogP contribution in [0.5, 0.6) is 0 Å². The zero-order valence-electron chi connectivity index (χ0n) is 13.3. The largest absolute Gasteiger partial charge is 0.355 e. The first kappa shape index (κ1) is 17.5. The summed E-state index contributed by atoms with van der Waals surface area (Å²) in [5.41, 5.74) is 0. The smallest absolute Gasteiger partial charge is 0.263 e. The van der Waals surface area contributed by atoms with Crippen molar-refractivity contribution >= 4 is 29.1 Å². The number of likely N-dealkylation sites (tertiary alicyclic amines) is 1. The van der Waals surface area contributed by atoms with Gasteiger partial charge in [-0.15, -0.1) is 11.3 Å². The average Bonchev–Trinajstić information content (AvgIpc) is 3.11. The van der Waals surface area contributed by atoms with Gasteiger partial charge in [0.05, 0.1) is 17.3 Å². The Hall–Kier alpha value is -1.89. The number of hydrogen-bond donors (Lipinski definition) is 2. The van der Waals surface area contributed by atoms with Crippen molar-refractivity contribution in [3.8, 4) is 0 Å². The van der Waals surface area contributed by atoms with E-state index in [4.69, 9.17) is 0 Å². The Morgan fingerprint density at radius 3 is 2.87 bits per heavy atom. The van der Waals surface area contributed by atoms with E-state index in [1.165, 1.54) is 11.3 Å². The first-order chi connectivity index (χ1) is 11.1. The quantitative estimate of drug-likeness (QED) is 0.820. The van der Waals surface area contributed by atoms with E-state index in [1.54, 1.807) is 11.0 Å². The summed E-state index contributed by atoms with van der Waals surface area (Å²) in [7, 11) is 0. The summed E-state index contributed by atoms with van der Waals surface area (Å²) in [4.78, 5) is 38.5. The van der Waals surface area contributed by atoms with Crippen molar-refractivity contribution in [3.05, 3.63) is 22.4 Å². The monoisotopic (exact) mass is 337 g/mol. The molecular weight excluding hydrogens is 314 g/mol. The van der Waals surface area contributed by atoms with Crippen molar-refractivity contribution in [1.82, 2.24) is 15.5 Å². The third-order valence-electron chi connectivity index (χ3n) is 3.81. The lowest BCUT2D eigenvalue weighted by molar-refractivity contribution is -0.129. The van der Waals surface area contributed by atoms with E-state index in [-0.39, 0.29) is 30.2 Å². The van der Waals surface area contributed by atoms with Crippen LogP contribution in [0.15, 0.2) is 17.5 Å². The van der Waals surface area contributed by atoms with Gasteiger partial charge in [0.25, 0.3) is 5.91 Å². The predicted molar refractivity (Wildman–Crippen MR) is 89.3 cm³/mol. The number of nitrogens with one attached hydrogen (secondary N) is 2. The average molecular weight is 337 g/mol. The van der Waals surface area contributed by atoms with Gasteiger partial charge < -0.3 is 15.5 Å². The Balaban J connectivity index is 1.82. The molecule has 0 aromatic carbocycles. The second-order valence-electron chi connectivity index (χ2n) is 5.64. The molecule has 0 aliphatic carbocycles. The molecule has 0 spiro atoms. The van der Waals surface area contributed by atoms with Crippen LogP contribution >= 0.6 is 11.3 Å². The van der Waals surface area contributed by atoms with Crippen molar-refractivity contribution in [1.29, 1.82) is 0 Å². The van der Waals surface area contributed by atoms with E-state index in [0.29, 0.717) is 24.5 Å². The Morgan fingerprint density at radius 1 is 1.35 bits per heavy atom. The lowest BCUT2D eigenvalue weighted by atomic mass is 9.97. The van der Waals surface area contributed by atoms with Gasteiger partial charge >= 0.3 is 0 Å². The molecule has 126 valence electrons. The molecule has 1 aliphatic rings. The van der Waals surface area contributed by atoms with Crippen LogP contribution < -0.4 is 10.6 Å². The van der Waals surface area contributed by atoms with Crippen LogP contribution in [0.25, 0.3) is 0 Å². The molecule has 1 aliphatic heterocycles. The van der Waals surface area contributed by atoms with E-state index in [9.17, 15) is 14.4 Å². The van der Waals surface area contributed by atoms with Gasteiger partial charge in [0, 0.05) is 19.6 Å². The second-order valence-corrected chi connectivity index (χ2v) is 6.58. The highest BCUT2D eigenvalue weighted by Gasteiger charge is 2.29. The molecule has 1 aromatic rings. The highest BCUT2D eigenvalue weighted by Crippen LogP contribution is 2.20. The minimum atomic E-state index is -0.244. The first-order valence-corrected chi connectivity index (χ1v) is 8.87.